The van der Waals surface area contributed by atoms with Gasteiger partial charge in [0.05, 0.1) is 16.8 Å². The van der Waals surface area contributed by atoms with Gasteiger partial charge < -0.3 is 10.1 Å². The molecule has 6 heteroatoms. The molecule has 3 rings (SSSR count). The van der Waals surface area contributed by atoms with Crippen LogP contribution in [0.4, 0.5) is 5.69 Å². The van der Waals surface area contributed by atoms with Crippen LogP contribution >= 0.6 is 22.9 Å². The third-order valence-corrected chi connectivity index (χ3v) is 4.15. The normalized spacial score (nSPS) is 10.8. The highest BCUT2D eigenvalue weighted by molar-refractivity contribution is 7.18. The van der Waals surface area contributed by atoms with Crippen LogP contribution in [0.2, 0.25) is 5.02 Å². The summed E-state index contributed by atoms with van der Waals surface area (Å²) >= 11 is 7.43. The number of amides is 1. The summed E-state index contributed by atoms with van der Waals surface area (Å²) in [5, 5.41) is 4.17. The number of anilines is 1. The summed E-state index contributed by atoms with van der Waals surface area (Å²) in [5.41, 5.74) is 1.61. The highest BCUT2D eigenvalue weighted by atomic mass is 35.5. The van der Waals surface area contributed by atoms with Crippen molar-refractivity contribution in [3.63, 3.8) is 0 Å². The highest BCUT2D eigenvalue weighted by Gasteiger charge is 2.06. The summed E-state index contributed by atoms with van der Waals surface area (Å²) < 4.78 is 6.53. The van der Waals surface area contributed by atoms with Crippen molar-refractivity contribution in [2.75, 3.05) is 11.9 Å². The van der Waals surface area contributed by atoms with E-state index in [1.165, 1.54) is 0 Å². The van der Waals surface area contributed by atoms with Crippen LogP contribution < -0.4 is 5.32 Å². The van der Waals surface area contributed by atoms with Crippen LogP contribution in [0.5, 0.6) is 0 Å². The fourth-order valence-corrected chi connectivity index (χ4v) is 3.07. The van der Waals surface area contributed by atoms with Crippen LogP contribution in [0.25, 0.3) is 10.2 Å². The summed E-state index contributed by atoms with van der Waals surface area (Å²) in [7, 11) is 0. The van der Waals surface area contributed by atoms with Crippen molar-refractivity contribution >= 4 is 44.7 Å². The molecule has 0 saturated heterocycles. The van der Waals surface area contributed by atoms with E-state index in [4.69, 9.17) is 16.3 Å². The number of hydrogen-bond acceptors (Lipinski definition) is 4. The van der Waals surface area contributed by atoms with Gasteiger partial charge in [0.1, 0.15) is 11.6 Å². The van der Waals surface area contributed by atoms with E-state index in [2.05, 4.69) is 10.3 Å². The largest absolute Gasteiger partial charge is 0.364 e. The van der Waals surface area contributed by atoms with E-state index in [1.54, 1.807) is 35.6 Å². The number of benzene rings is 2. The molecule has 22 heavy (non-hydrogen) atoms. The third kappa shape index (κ3) is 3.82. The van der Waals surface area contributed by atoms with Crippen LogP contribution in [0.1, 0.15) is 5.01 Å². The Kier molecular flexibility index (Phi) is 4.68. The molecule has 0 spiro atoms. The fraction of sp³-hybridized carbons (Fsp3) is 0.125. The van der Waals surface area contributed by atoms with Crippen LogP contribution in [0.15, 0.2) is 48.5 Å². The van der Waals surface area contributed by atoms with Gasteiger partial charge in [0.15, 0.2) is 0 Å². The number of nitrogens with one attached hydrogen (secondary N) is 1. The molecule has 0 saturated carbocycles. The summed E-state index contributed by atoms with van der Waals surface area (Å²) in [4.78, 5) is 16.2. The minimum Gasteiger partial charge on any atom is -0.364 e. The molecule has 0 radical (unpaired) electrons. The second-order valence-electron chi connectivity index (χ2n) is 4.63. The Balaban J connectivity index is 1.51. The second-order valence-corrected chi connectivity index (χ2v) is 6.18. The number of thiazole rings is 1. The van der Waals surface area contributed by atoms with Gasteiger partial charge in [-0.15, -0.1) is 11.3 Å². The molecule has 3 aromatic rings. The molecule has 0 atom stereocenters. The average molecular weight is 333 g/mol. The summed E-state index contributed by atoms with van der Waals surface area (Å²) in [5.74, 6) is -0.219. The second kappa shape index (κ2) is 6.87. The molecule has 1 amide bonds. The van der Waals surface area contributed by atoms with E-state index < -0.39 is 0 Å². The molecule has 4 nitrogen and oxygen atoms in total. The highest BCUT2D eigenvalue weighted by Crippen LogP contribution is 2.22. The number of nitrogens with zero attached hydrogens (tertiary/aromatic N) is 1. The van der Waals surface area contributed by atoms with Gasteiger partial charge in [-0.3, -0.25) is 4.79 Å². The van der Waals surface area contributed by atoms with E-state index >= 15 is 0 Å². The van der Waals surface area contributed by atoms with Crippen molar-refractivity contribution < 1.29 is 9.53 Å². The first-order valence-electron chi connectivity index (χ1n) is 6.68. The molecule has 0 bridgehead atoms. The summed E-state index contributed by atoms with van der Waals surface area (Å²) in [6, 6.07) is 14.9. The zero-order valence-electron chi connectivity index (χ0n) is 11.6. The van der Waals surface area contributed by atoms with Gasteiger partial charge >= 0.3 is 0 Å². The monoisotopic (exact) mass is 332 g/mol. The Labute approximate surface area is 136 Å². The first-order chi connectivity index (χ1) is 10.7. The van der Waals surface area contributed by atoms with Gasteiger partial charge in [-0.25, -0.2) is 4.98 Å². The fourth-order valence-electron chi connectivity index (χ4n) is 1.98. The molecule has 0 unspecified atom stereocenters. The Bertz CT molecular complexity index is 770. The molecular formula is C16H13ClN2O2S. The van der Waals surface area contributed by atoms with Crippen LogP contribution in [-0.2, 0) is 16.1 Å². The zero-order valence-corrected chi connectivity index (χ0v) is 13.2. The average Bonchev–Trinajstić information content (AvgIpc) is 2.90. The van der Waals surface area contributed by atoms with E-state index in [9.17, 15) is 4.79 Å². The number of aromatic nitrogens is 1. The number of para-hydroxylation sites is 1. The van der Waals surface area contributed by atoms with Crippen molar-refractivity contribution in [3.8, 4) is 0 Å². The number of hydrogen-bond donors (Lipinski definition) is 1. The maximum Gasteiger partial charge on any atom is 0.250 e. The predicted molar refractivity (Wildman–Crippen MR) is 89.4 cm³/mol. The van der Waals surface area contributed by atoms with E-state index in [0.29, 0.717) is 17.3 Å². The lowest BCUT2D eigenvalue weighted by Gasteiger charge is -2.05. The standard InChI is InChI=1S/C16H13ClN2O2S/c17-11-4-3-5-12(8-11)18-15(20)9-21-10-16-19-13-6-1-2-7-14(13)22-16/h1-8H,9-10H2,(H,18,20). The number of carbonyl (C=O) groups is 1. The van der Waals surface area contributed by atoms with Crippen LogP contribution in [0.3, 0.4) is 0 Å². The lowest BCUT2D eigenvalue weighted by molar-refractivity contribution is -0.121. The first kappa shape index (κ1) is 15.0. The molecule has 1 N–H and O–H groups in total. The molecule has 0 fully saturated rings. The quantitative estimate of drug-likeness (QED) is 0.765. The topological polar surface area (TPSA) is 51.2 Å². The summed E-state index contributed by atoms with van der Waals surface area (Å²) in [6.07, 6.45) is 0. The lowest BCUT2D eigenvalue weighted by atomic mass is 10.3. The van der Waals surface area contributed by atoms with Gasteiger partial charge in [0, 0.05) is 10.7 Å². The predicted octanol–water partition coefficient (Wildman–Crippen LogP) is 4.11. The van der Waals surface area contributed by atoms with E-state index in [1.807, 2.05) is 24.3 Å². The Morgan fingerprint density at radius 2 is 2.09 bits per heavy atom. The van der Waals surface area contributed by atoms with E-state index in [-0.39, 0.29) is 12.5 Å². The summed E-state index contributed by atoms with van der Waals surface area (Å²) in [6.45, 7) is 0.296. The molecule has 112 valence electrons. The molecular weight excluding hydrogens is 320 g/mol. The van der Waals surface area contributed by atoms with Crippen molar-refractivity contribution in [3.05, 3.63) is 58.6 Å². The van der Waals surface area contributed by atoms with Crippen molar-refractivity contribution in [1.29, 1.82) is 0 Å². The molecule has 0 aliphatic heterocycles. The van der Waals surface area contributed by atoms with Gasteiger partial charge in [-0.05, 0) is 30.3 Å². The van der Waals surface area contributed by atoms with Gasteiger partial charge in [0.25, 0.3) is 0 Å². The number of carbonyl (C=O) groups excluding carboxylic acids is 1. The molecule has 0 aliphatic carbocycles. The maximum atomic E-state index is 11.8. The molecule has 2 aromatic carbocycles. The molecule has 0 aliphatic rings. The van der Waals surface area contributed by atoms with Gasteiger partial charge in [0.2, 0.25) is 5.91 Å². The Morgan fingerprint density at radius 3 is 2.91 bits per heavy atom. The Hall–Kier alpha value is -1.95. The molecule has 1 heterocycles. The third-order valence-electron chi connectivity index (χ3n) is 2.91. The van der Waals surface area contributed by atoms with Crippen LogP contribution in [-0.4, -0.2) is 17.5 Å². The SMILES string of the molecule is O=C(COCc1nc2ccccc2s1)Nc1cccc(Cl)c1. The van der Waals surface area contributed by atoms with Crippen molar-refractivity contribution in [1.82, 2.24) is 4.98 Å². The maximum absolute atomic E-state index is 11.8. The lowest BCUT2D eigenvalue weighted by Crippen LogP contribution is -2.18. The number of fused-ring (bicyclic) bond motifs is 1. The van der Waals surface area contributed by atoms with Gasteiger partial charge in [-0.1, -0.05) is 29.8 Å². The minimum atomic E-state index is -0.219. The zero-order chi connectivity index (χ0) is 15.4. The van der Waals surface area contributed by atoms with Crippen molar-refractivity contribution in [2.24, 2.45) is 0 Å². The first-order valence-corrected chi connectivity index (χ1v) is 7.88. The van der Waals surface area contributed by atoms with E-state index in [0.717, 1.165) is 15.2 Å². The minimum absolute atomic E-state index is 0.0254. The Morgan fingerprint density at radius 1 is 1.23 bits per heavy atom. The smallest absolute Gasteiger partial charge is 0.250 e. The molecule has 1 aromatic heterocycles. The number of ether oxygens (including phenoxy) is 1. The van der Waals surface area contributed by atoms with Gasteiger partial charge in [-0.2, -0.15) is 0 Å². The number of rotatable bonds is 5. The van der Waals surface area contributed by atoms with Crippen LogP contribution in [0, 0.1) is 0 Å². The van der Waals surface area contributed by atoms with Crippen molar-refractivity contribution in [2.45, 2.75) is 6.61 Å². The number of halogens is 1.